The number of nitrogens with one attached hydrogen (secondary N) is 2. The number of carbonyl (C=O) groups excluding carboxylic acids is 4. The molecular weight excluding hydrogens is 599 g/mol. The first-order valence-corrected chi connectivity index (χ1v) is 16.1. The minimum atomic E-state index is -4.65. The fraction of sp³-hybridized carbons (Fsp3) is 0.621. The van der Waals surface area contributed by atoms with Crippen LogP contribution in [0.4, 0.5) is 23.0 Å². The van der Waals surface area contributed by atoms with Gasteiger partial charge in [0.2, 0.25) is 0 Å². The summed E-state index contributed by atoms with van der Waals surface area (Å²) in [5, 5.41) is 8.93. The Morgan fingerprint density at radius 2 is 1.68 bits per heavy atom. The maximum Gasteiger partial charge on any atom is 0.433 e. The molecule has 0 atom stereocenters. The highest BCUT2D eigenvalue weighted by atomic mass is 32.1. The summed E-state index contributed by atoms with van der Waals surface area (Å²) in [7, 11) is 0. The van der Waals surface area contributed by atoms with Gasteiger partial charge in [0, 0.05) is 50.7 Å². The van der Waals surface area contributed by atoms with Crippen LogP contribution < -0.4 is 10.6 Å². The van der Waals surface area contributed by atoms with Crippen molar-refractivity contribution in [1.82, 2.24) is 30.1 Å². The fourth-order valence-electron chi connectivity index (χ4n) is 7.04. The number of fused-ring (bicyclic) bond motifs is 2. The predicted octanol–water partition coefficient (Wildman–Crippen LogP) is 3.91. The topological polar surface area (TPSA) is 118 Å². The van der Waals surface area contributed by atoms with Crippen LogP contribution in [0.1, 0.15) is 67.9 Å². The van der Waals surface area contributed by atoms with Gasteiger partial charge < -0.3 is 10.2 Å². The number of rotatable bonds is 4. The van der Waals surface area contributed by atoms with Crippen LogP contribution in [0.2, 0.25) is 0 Å². The number of halogens is 3. The zero-order valence-corrected chi connectivity index (χ0v) is 25.4. The van der Waals surface area contributed by atoms with Crippen molar-refractivity contribution < 1.29 is 32.3 Å². The molecule has 0 aliphatic carbocycles. The van der Waals surface area contributed by atoms with Gasteiger partial charge in [0.15, 0.2) is 0 Å². The Morgan fingerprint density at radius 1 is 1.00 bits per heavy atom. The molecule has 6 heterocycles. The predicted molar refractivity (Wildman–Crippen MR) is 157 cm³/mol. The van der Waals surface area contributed by atoms with E-state index in [1.54, 1.807) is 21.8 Å². The maximum absolute atomic E-state index is 13.9. The van der Waals surface area contributed by atoms with Gasteiger partial charge in [-0.3, -0.25) is 34.6 Å². The van der Waals surface area contributed by atoms with Crippen LogP contribution in [0.15, 0.2) is 12.1 Å². The van der Waals surface area contributed by atoms with Gasteiger partial charge in [0.1, 0.15) is 20.9 Å². The number of thiophene rings is 1. The largest absolute Gasteiger partial charge is 0.433 e. The summed E-state index contributed by atoms with van der Waals surface area (Å²) >= 11 is 0.834. The number of anilines is 1. The van der Waals surface area contributed by atoms with Crippen molar-refractivity contribution in [3.8, 4) is 0 Å². The molecule has 6 rings (SSSR count). The summed E-state index contributed by atoms with van der Waals surface area (Å²) < 4.78 is 40.0. The van der Waals surface area contributed by atoms with E-state index in [4.69, 9.17) is 0 Å². The zero-order chi connectivity index (χ0) is 31.2. The molecule has 4 fully saturated rings. The molecule has 4 aliphatic rings. The Balaban J connectivity index is 1.18. The lowest BCUT2D eigenvalue weighted by Gasteiger charge is -2.44. The van der Waals surface area contributed by atoms with Crippen molar-refractivity contribution in [3.63, 3.8) is 0 Å². The maximum atomic E-state index is 13.9. The Morgan fingerprint density at radius 3 is 2.32 bits per heavy atom. The number of alkyl halides is 3. The molecule has 2 aromatic heterocycles. The van der Waals surface area contributed by atoms with Gasteiger partial charge in [-0.2, -0.15) is 13.2 Å². The standard InChI is InChI=1S/C29H36F3N7O4S/c1-2-33-27(43)35-23-21(19-7-8-20(29(30,31)32)34-22(19)44-23)24(40)36-15-9-18(10-16-36)37-12-6-11-28(17-37)25(41)38-13-4-3-5-14-39(38)26(28)42/h7-8,18H,2-6,9-17H2,1H3,(H2,33,35,43). The molecule has 2 aromatic rings. The second kappa shape index (κ2) is 11.8. The van der Waals surface area contributed by atoms with Crippen molar-refractivity contribution >= 4 is 50.3 Å². The van der Waals surface area contributed by atoms with Crippen LogP contribution in [0.3, 0.4) is 0 Å². The lowest BCUT2D eigenvalue weighted by atomic mass is 9.78. The first-order valence-electron chi connectivity index (χ1n) is 15.3. The molecule has 0 bridgehead atoms. The van der Waals surface area contributed by atoms with Gasteiger partial charge in [0.25, 0.3) is 17.7 Å². The molecule has 15 heteroatoms. The van der Waals surface area contributed by atoms with Crippen molar-refractivity contribution in [2.24, 2.45) is 5.41 Å². The number of nitrogens with zero attached hydrogens (tertiary/aromatic N) is 5. The number of urea groups is 1. The van der Waals surface area contributed by atoms with Crippen molar-refractivity contribution in [2.45, 2.75) is 64.1 Å². The number of piperidine rings is 2. The smallest absolute Gasteiger partial charge is 0.338 e. The monoisotopic (exact) mass is 635 g/mol. The molecular formula is C29H36F3N7O4S. The van der Waals surface area contributed by atoms with E-state index in [1.165, 1.54) is 6.07 Å². The number of pyridine rings is 1. The molecule has 0 unspecified atom stereocenters. The van der Waals surface area contributed by atoms with E-state index in [1.807, 2.05) is 0 Å². The lowest BCUT2D eigenvalue weighted by Crippen LogP contribution is -2.56. The fourth-order valence-corrected chi connectivity index (χ4v) is 8.10. The van der Waals surface area contributed by atoms with Crippen LogP contribution in [0.25, 0.3) is 10.2 Å². The summed E-state index contributed by atoms with van der Waals surface area (Å²) in [6.45, 7) is 5.13. The highest BCUT2D eigenvalue weighted by Crippen LogP contribution is 2.43. The number of amides is 5. The SMILES string of the molecule is CCNC(=O)Nc1sc2nc(C(F)(F)F)ccc2c1C(=O)N1CCC(N2CCCC3(C2)C(=O)N2CCCCCN2C3=O)CC1. The first-order chi connectivity index (χ1) is 21.0. The number of hydrogen-bond donors (Lipinski definition) is 2. The van der Waals surface area contributed by atoms with Gasteiger partial charge in [-0.15, -0.1) is 0 Å². The Kier molecular flexibility index (Phi) is 8.20. The highest BCUT2D eigenvalue weighted by molar-refractivity contribution is 7.23. The van der Waals surface area contributed by atoms with E-state index in [0.29, 0.717) is 58.5 Å². The Bertz CT molecular complexity index is 1450. The Hall–Kier alpha value is -3.46. The number of hydrazine groups is 1. The van der Waals surface area contributed by atoms with Crippen LogP contribution in [0.5, 0.6) is 0 Å². The molecule has 5 amide bonds. The number of likely N-dealkylation sites (tertiary alicyclic amines) is 2. The molecule has 4 aliphatic heterocycles. The molecule has 0 radical (unpaired) electrons. The minimum Gasteiger partial charge on any atom is -0.338 e. The Labute approximate surface area is 256 Å². The van der Waals surface area contributed by atoms with Gasteiger partial charge in [-0.25, -0.2) is 9.78 Å². The van der Waals surface area contributed by atoms with E-state index in [2.05, 4.69) is 20.5 Å². The van der Waals surface area contributed by atoms with Crippen LogP contribution >= 0.6 is 11.3 Å². The number of carbonyl (C=O) groups is 4. The number of hydrogen-bond acceptors (Lipinski definition) is 7. The summed E-state index contributed by atoms with van der Waals surface area (Å²) in [6, 6.07) is 1.59. The normalized spacial score (nSPS) is 21.6. The van der Waals surface area contributed by atoms with E-state index in [0.717, 1.165) is 49.6 Å². The van der Waals surface area contributed by atoms with Gasteiger partial charge in [-0.1, -0.05) is 11.3 Å². The third kappa shape index (κ3) is 5.37. The van der Waals surface area contributed by atoms with Gasteiger partial charge in [0.05, 0.1) is 5.56 Å². The van der Waals surface area contributed by atoms with Crippen molar-refractivity contribution in [3.05, 3.63) is 23.4 Å². The highest BCUT2D eigenvalue weighted by Gasteiger charge is 2.60. The molecule has 4 saturated heterocycles. The second-order valence-corrected chi connectivity index (χ2v) is 12.9. The van der Waals surface area contributed by atoms with Crippen LogP contribution in [-0.4, -0.2) is 100 Å². The van der Waals surface area contributed by atoms with Gasteiger partial charge >= 0.3 is 12.2 Å². The van der Waals surface area contributed by atoms with Crippen molar-refractivity contribution in [2.75, 3.05) is 51.1 Å². The summed E-state index contributed by atoms with van der Waals surface area (Å²) in [5.41, 5.74) is -1.99. The van der Waals surface area contributed by atoms with E-state index in [9.17, 15) is 32.3 Å². The molecule has 0 aromatic carbocycles. The lowest BCUT2D eigenvalue weighted by molar-refractivity contribution is -0.145. The van der Waals surface area contributed by atoms with E-state index in [-0.39, 0.29) is 44.5 Å². The van der Waals surface area contributed by atoms with Gasteiger partial charge in [-0.05, 0) is 70.5 Å². The number of aromatic nitrogens is 1. The average Bonchev–Trinajstić information content (AvgIpc) is 3.29. The van der Waals surface area contributed by atoms with Crippen LogP contribution in [0, 0.1) is 5.41 Å². The molecule has 238 valence electrons. The van der Waals surface area contributed by atoms with Crippen molar-refractivity contribution in [1.29, 1.82) is 0 Å². The molecule has 1 spiro atoms. The third-order valence-corrected chi connectivity index (χ3v) is 10.2. The van der Waals surface area contributed by atoms with E-state index >= 15 is 0 Å². The summed E-state index contributed by atoms with van der Waals surface area (Å²) in [5.74, 6) is -0.555. The molecule has 2 N–H and O–H groups in total. The van der Waals surface area contributed by atoms with Crippen LogP contribution in [-0.2, 0) is 15.8 Å². The minimum absolute atomic E-state index is 0.0112. The quantitative estimate of drug-likeness (QED) is 0.492. The molecule has 11 nitrogen and oxygen atoms in total. The molecule has 0 saturated carbocycles. The summed E-state index contributed by atoms with van der Waals surface area (Å²) in [6.07, 6.45) is 0.653. The third-order valence-electron chi connectivity index (χ3n) is 9.23. The van der Waals surface area contributed by atoms with E-state index < -0.39 is 23.3 Å². The summed E-state index contributed by atoms with van der Waals surface area (Å²) in [4.78, 5) is 61.0. The average molecular weight is 636 g/mol. The molecule has 44 heavy (non-hydrogen) atoms. The zero-order valence-electron chi connectivity index (χ0n) is 24.5. The first kappa shape index (κ1) is 30.6. The second-order valence-electron chi connectivity index (χ2n) is 11.9.